The summed E-state index contributed by atoms with van der Waals surface area (Å²) >= 11 is 0. The van der Waals surface area contributed by atoms with E-state index in [0.29, 0.717) is 17.1 Å². The van der Waals surface area contributed by atoms with Gasteiger partial charge in [0.2, 0.25) is 0 Å². The molecule has 0 aliphatic heterocycles. The number of nitrogens with zero attached hydrogens (tertiary/aromatic N) is 4. The second-order valence-corrected chi connectivity index (χ2v) is 4.26. The minimum Gasteiger partial charge on any atom is -0.255 e. The summed E-state index contributed by atoms with van der Waals surface area (Å²) < 4.78 is 26.9. The normalized spacial score (nSPS) is 13.0. The zero-order valence-electron chi connectivity index (χ0n) is 11.5. The summed E-state index contributed by atoms with van der Waals surface area (Å²) in [4.78, 5) is 8.29. The molecule has 2 aromatic heterocycles. The molecule has 0 spiro atoms. The summed E-state index contributed by atoms with van der Waals surface area (Å²) in [5, 5.41) is 3.90. The fourth-order valence-corrected chi connectivity index (χ4v) is 1.73. The number of fused-ring (bicyclic) bond motifs is 1. The lowest BCUT2D eigenvalue weighted by Gasteiger charge is -2.04. The lowest BCUT2D eigenvalue weighted by molar-refractivity contribution is 0.144. The maximum Gasteiger partial charge on any atom is 0.282 e. The van der Waals surface area contributed by atoms with Crippen molar-refractivity contribution >= 4 is 11.4 Å². The predicted molar refractivity (Wildman–Crippen MR) is 78.6 cm³/mol. The van der Waals surface area contributed by atoms with Crippen LogP contribution in [0.25, 0.3) is 5.65 Å². The minimum atomic E-state index is -2.64. The molecular formula is C15H14F2N4. The van der Waals surface area contributed by atoms with Gasteiger partial charge in [-0.15, -0.1) is 0 Å². The van der Waals surface area contributed by atoms with E-state index in [1.54, 1.807) is 12.2 Å². The molecule has 0 fully saturated rings. The molecule has 108 valence electrons. The zero-order valence-corrected chi connectivity index (χ0v) is 11.5. The van der Waals surface area contributed by atoms with Crippen molar-refractivity contribution in [3.05, 3.63) is 66.8 Å². The number of halogens is 2. The van der Waals surface area contributed by atoms with Crippen molar-refractivity contribution in [2.45, 2.75) is 13.3 Å². The third kappa shape index (κ3) is 3.10. The van der Waals surface area contributed by atoms with Gasteiger partial charge in [0, 0.05) is 6.20 Å². The van der Waals surface area contributed by atoms with E-state index in [-0.39, 0.29) is 5.69 Å². The van der Waals surface area contributed by atoms with Gasteiger partial charge in [-0.2, -0.15) is 5.10 Å². The molecule has 0 aromatic carbocycles. The first-order chi connectivity index (χ1) is 10.1. The van der Waals surface area contributed by atoms with Gasteiger partial charge >= 0.3 is 0 Å². The van der Waals surface area contributed by atoms with Crippen LogP contribution in [0, 0.1) is 0 Å². The third-order valence-corrected chi connectivity index (χ3v) is 2.79. The van der Waals surface area contributed by atoms with Gasteiger partial charge in [0.1, 0.15) is 11.4 Å². The van der Waals surface area contributed by atoms with E-state index in [0.717, 1.165) is 5.57 Å². The number of hydrogen-bond acceptors (Lipinski definition) is 3. The van der Waals surface area contributed by atoms with Crippen molar-refractivity contribution in [1.82, 2.24) is 14.6 Å². The SMILES string of the molecule is C=C/N=C(\C=C(\C)C=C)c1cnc2ccc(C(F)F)nn12. The Labute approximate surface area is 120 Å². The average molecular weight is 288 g/mol. The molecule has 0 saturated carbocycles. The van der Waals surface area contributed by atoms with Crippen LogP contribution in [0.1, 0.15) is 24.7 Å². The van der Waals surface area contributed by atoms with Gasteiger partial charge in [-0.05, 0) is 30.7 Å². The van der Waals surface area contributed by atoms with Crippen LogP contribution >= 0.6 is 0 Å². The second kappa shape index (κ2) is 6.21. The molecule has 0 unspecified atom stereocenters. The molecular weight excluding hydrogens is 274 g/mol. The van der Waals surface area contributed by atoms with Crippen LogP contribution in [0.3, 0.4) is 0 Å². The zero-order chi connectivity index (χ0) is 15.4. The average Bonchev–Trinajstić information content (AvgIpc) is 2.89. The summed E-state index contributed by atoms with van der Waals surface area (Å²) in [6, 6.07) is 2.75. The molecule has 0 aliphatic rings. The fourth-order valence-electron chi connectivity index (χ4n) is 1.73. The Morgan fingerprint density at radius 2 is 2.14 bits per heavy atom. The first kappa shape index (κ1) is 14.8. The Bertz CT molecular complexity index is 741. The highest BCUT2D eigenvalue weighted by Gasteiger charge is 2.14. The molecule has 0 aliphatic carbocycles. The number of alkyl halides is 2. The lowest BCUT2D eigenvalue weighted by atomic mass is 10.2. The Morgan fingerprint density at radius 3 is 2.76 bits per heavy atom. The topological polar surface area (TPSA) is 42.5 Å². The number of imidazole rings is 1. The van der Waals surface area contributed by atoms with Crippen LogP contribution in [-0.2, 0) is 0 Å². The van der Waals surface area contributed by atoms with Crippen molar-refractivity contribution in [3.8, 4) is 0 Å². The second-order valence-electron chi connectivity index (χ2n) is 4.26. The number of allylic oxidation sites excluding steroid dienone is 3. The Morgan fingerprint density at radius 1 is 1.38 bits per heavy atom. The molecule has 21 heavy (non-hydrogen) atoms. The van der Waals surface area contributed by atoms with Crippen LogP contribution in [0.5, 0.6) is 0 Å². The van der Waals surface area contributed by atoms with Crippen molar-refractivity contribution < 1.29 is 8.78 Å². The van der Waals surface area contributed by atoms with E-state index >= 15 is 0 Å². The van der Waals surface area contributed by atoms with Crippen LogP contribution in [-0.4, -0.2) is 20.3 Å². The molecule has 0 N–H and O–H groups in total. The van der Waals surface area contributed by atoms with Crippen LogP contribution in [0.2, 0.25) is 0 Å². The Kier molecular flexibility index (Phi) is 4.37. The van der Waals surface area contributed by atoms with Crippen molar-refractivity contribution in [1.29, 1.82) is 0 Å². The molecule has 0 amide bonds. The number of aromatic nitrogens is 3. The van der Waals surface area contributed by atoms with Crippen molar-refractivity contribution in [2.75, 3.05) is 0 Å². The van der Waals surface area contributed by atoms with Crippen LogP contribution in [0.4, 0.5) is 8.78 Å². The fraction of sp³-hybridized carbons (Fsp3) is 0.133. The van der Waals surface area contributed by atoms with E-state index in [4.69, 9.17) is 0 Å². The summed E-state index contributed by atoms with van der Waals surface area (Å²) in [5.74, 6) is 0. The smallest absolute Gasteiger partial charge is 0.255 e. The van der Waals surface area contributed by atoms with Crippen molar-refractivity contribution in [2.24, 2.45) is 4.99 Å². The summed E-state index contributed by atoms with van der Waals surface area (Å²) in [6.45, 7) is 9.08. The van der Waals surface area contributed by atoms with E-state index in [9.17, 15) is 8.78 Å². The summed E-state index contributed by atoms with van der Waals surface area (Å²) in [5.41, 5.74) is 2.05. The Balaban J connectivity index is 2.63. The maximum absolute atomic E-state index is 12.8. The molecule has 6 heteroatoms. The van der Waals surface area contributed by atoms with E-state index in [1.165, 1.54) is 29.0 Å². The molecule has 0 saturated heterocycles. The number of rotatable bonds is 5. The van der Waals surface area contributed by atoms with Crippen LogP contribution < -0.4 is 0 Å². The molecule has 0 bridgehead atoms. The first-order valence-corrected chi connectivity index (χ1v) is 6.19. The van der Waals surface area contributed by atoms with Gasteiger partial charge < -0.3 is 0 Å². The van der Waals surface area contributed by atoms with Crippen molar-refractivity contribution in [3.63, 3.8) is 0 Å². The summed E-state index contributed by atoms with van der Waals surface area (Å²) in [7, 11) is 0. The first-order valence-electron chi connectivity index (χ1n) is 6.19. The maximum atomic E-state index is 12.8. The quantitative estimate of drug-likeness (QED) is 0.621. The molecule has 4 nitrogen and oxygen atoms in total. The van der Waals surface area contributed by atoms with Crippen LogP contribution in [0.15, 0.2) is 60.4 Å². The molecule has 2 aromatic rings. The molecule has 2 heterocycles. The van der Waals surface area contributed by atoms with E-state index < -0.39 is 6.43 Å². The van der Waals surface area contributed by atoms with E-state index in [2.05, 4.69) is 28.2 Å². The van der Waals surface area contributed by atoms with E-state index in [1.807, 2.05) is 6.92 Å². The molecule has 0 radical (unpaired) electrons. The predicted octanol–water partition coefficient (Wildman–Crippen LogP) is 3.73. The van der Waals surface area contributed by atoms with Gasteiger partial charge in [-0.1, -0.05) is 19.2 Å². The third-order valence-electron chi connectivity index (χ3n) is 2.79. The van der Waals surface area contributed by atoms with Gasteiger partial charge in [0.15, 0.2) is 5.65 Å². The van der Waals surface area contributed by atoms with Gasteiger partial charge in [-0.25, -0.2) is 18.3 Å². The largest absolute Gasteiger partial charge is 0.282 e. The highest BCUT2D eigenvalue weighted by Crippen LogP contribution is 2.17. The highest BCUT2D eigenvalue weighted by molar-refractivity contribution is 6.08. The standard InChI is InChI=1S/C15H14F2N4/c1-4-10(3)8-12(18-5-2)13-9-19-14-7-6-11(15(16)17)20-21(13)14/h4-9,15H,1-2H2,3H3/b10-8-,18-12+. The molecule has 2 rings (SSSR count). The highest BCUT2D eigenvalue weighted by atomic mass is 19.3. The minimum absolute atomic E-state index is 0.316. The van der Waals surface area contributed by atoms with Gasteiger partial charge in [-0.3, -0.25) is 4.99 Å². The Hall–Kier alpha value is -2.63. The summed E-state index contributed by atoms with van der Waals surface area (Å²) in [6.07, 6.45) is 3.69. The monoisotopic (exact) mass is 288 g/mol. The van der Waals surface area contributed by atoms with Gasteiger partial charge in [0.25, 0.3) is 6.43 Å². The number of hydrogen-bond donors (Lipinski definition) is 0. The number of aliphatic imine (C=N–C) groups is 1. The lowest BCUT2D eigenvalue weighted by Crippen LogP contribution is -2.07. The van der Waals surface area contributed by atoms with Gasteiger partial charge in [0.05, 0.1) is 11.9 Å². The molecule has 0 atom stereocenters.